The average molecular weight is 407 g/mol. The largest absolute Gasteiger partial charge is 0.488 e. The van der Waals surface area contributed by atoms with E-state index in [0.717, 1.165) is 47.3 Å². The van der Waals surface area contributed by atoms with E-state index in [1.54, 1.807) is 0 Å². The molecule has 2 heterocycles. The number of likely N-dealkylation sites (tertiary alicyclic amines) is 1. The third-order valence-electron chi connectivity index (χ3n) is 5.40. The molecular weight excluding hydrogens is 376 g/mol. The number of H-pyrrole nitrogens is 1. The highest BCUT2D eigenvalue weighted by atomic mass is 16.6. The first-order valence-corrected chi connectivity index (χ1v) is 10.7. The number of piperidine rings is 1. The number of benzene rings is 2. The van der Waals surface area contributed by atoms with Crippen molar-refractivity contribution in [2.24, 2.45) is 0 Å². The number of carbonyl (C=O) groups is 1. The van der Waals surface area contributed by atoms with Crippen molar-refractivity contribution >= 4 is 17.0 Å². The van der Waals surface area contributed by atoms with Gasteiger partial charge in [-0.2, -0.15) is 0 Å². The van der Waals surface area contributed by atoms with Gasteiger partial charge in [-0.25, -0.2) is 4.79 Å². The van der Waals surface area contributed by atoms with Crippen molar-refractivity contribution in [3.8, 4) is 5.75 Å². The lowest BCUT2D eigenvalue weighted by Gasteiger charge is -2.33. The van der Waals surface area contributed by atoms with E-state index in [4.69, 9.17) is 9.47 Å². The molecule has 1 amide bonds. The molecule has 4 rings (SSSR count). The van der Waals surface area contributed by atoms with E-state index >= 15 is 0 Å². The molecule has 0 spiro atoms. The van der Waals surface area contributed by atoms with Crippen LogP contribution in [0.2, 0.25) is 0 Å². The van der Waals surface area contributed by atoms with Gasteiger partial charge in [-0.15, -0.1) is 0 Å². The van der Waals surface area contributed by atoms with Gasteiger partial charge >= 0.3 is 6.09 Å². The second-order valence-corrected chi connectivity index (χ2v) is 8.98. The third-order valence-corrected chi connectivity index (χ3v) is 5.40. The summed E-state index contributed by atoms with van der Waals surface area (Å²) >= 11 is 0. The molecule has 0 radical (unpaired) electrons. The van der Waals surface area contributed by atoms with Crippen LogP contribution >= 0.6 is 0 Å². The van der Waals surface area contributed by atoms with Crippen molar-refractivity contribution in [1.82, 2.24) is 9.88 Å². The van der Waals surface area contributed by atoms with E-state index < -0.39 is 5.60 Å². The van der Waals surface area contributed by atoms with E-state index in [9.17, 15) is 4.79 Å². The fraction of sp³-hybridized carbons (Fsp3) is 0.400. The molecule has 1 N–H and O–H groups in total. The molecule has 1 fully saturated rings. The number of fused-ring (bicyclic) bond motifs is 1. The summed E-state index contributed by atoms with van der Waals surface area (Å²) in [6, 6.07) is 18.5. The number of aromatic amines is 1. The summed E-state index contributed by atoms with van der Waals surface area (Å²) in [5.74, 6) is 1.14. The number of aromatic nitrogens is 1. The molecule has 1 saturated heterocycles. The lowest BCUT2D eigenvalue weighted by molar-refractivity contribution is 0.0197. The van der Waals surface area contributed by atoms with Crippen LogP contribution in [0.5, 0.6) is 5.75 Å². The number of rotatable bonds is 4. The standard InChI is InChI=1S/C25H30N2O3/c1-25(2,3)30-24(28)27-14-8-11-19(16-27)22-15-20-21(26-22)12-7-13-23(20)29-17-18-9-5-4-6-10-18/h4-7,9-10,12-13,15,19,26H,8,11,14,16-17H2,1-3H3. The Bertz CT molecular complexity index is 1000. The molecule has 1 aliphatic rings. The molecule has 158 valence electrons. The van der Waals surface area contributed by atoms with Gasteiger partial charge in [0, 0.05) is 35.6 Å². The second kappa shape index (κ2) is 8.42. The minimum absolute atomic E-state index is 0.227. The Morgan fingerprint density at radius 3 is 2.70 bits per heavy atom. The summed E-state index contributed by atoms with van der Waals surface area (Å²) in [4.78, 5) is 17.9. The first-order valence-electron chi connectivity index (χ1n) is 10.7. The molecule has 0 saturated carbocycles. The van der Waals surface area contributed by atoms with Crippen molar-refractivity contribution < 1.29 is 14.3 Å². The van der Waals surface area contributed by atoms with Crippen LogP contribution in [0.4, 0.5) is 4.79 Å². The van der Waals surface area contributed by atoms with Crippen LogP contribution in [0.3, 0.4) is 0 Å². The lowest BCUT2D eigenvalue weighted by Crippen LogP contribution is -2.42. The zero-order valence-electron chi connectivity index (χ0n) is 18.0. The third kappa shape index (κ3) is 4.78. The fourth-order valence-electron chi connectivity index (χ4n) is 3.95. The van der Waals surface area contributed by atoms with Gasteiger partial charge in [0.05, 0.1) is 0 Å². The maximum absolute atomic E-state index is 12.5. The predicted molar refractivity (Wildman–Crippen MR) is 119 cm³/mol. The van der Waals surface area contributed by atoms with Gasteiger partial charge in [-0.05, 0) is 57.4 Å². The Morgan fingerprint density at radius 2 is 1.93 bits per heavy atom. The van der Waals surface area contributed by atoms with Crippen LogP contribution in [-0.4, -0.2) is 34.7 Å². The van der Waals surface area contributed by atoms with Crippen LogP contribution in [-0.2, 0) is 11.3 Å². The number of carbonyl (C=O) groups excluding carboxylic acids is 1. The van der Waals surface area contributed by atoms with Crippen LogP contribution in [0.25, 0.3) is 10.9 Å². The molecule has 1 aliphatic heterocycles. The summed E-state index contributed by atoms with van der Waals surface area (Å²) in [5, 5.41) is 1.08. The summed E-state index contributed by atoms with van der Waals surface area (Å²) in [5.41, 5.74) is 2.88. The Balaban J connectivity index is 1.50. The Hall–Kier alpha value is -2.95. The number of nitrogens with one attached hydrogen (secondary N) is 1. The molecular formula is C25H30N2O3. The Labute approximate surface area is 178 Å². The highest BCUT2D eigenvalue weighted by molar-refractivity contribution is 5.87. The van der Waals surface area contributed by atoms with Crippen molar-refractivity contribution in [1.29, 1.82) is 0 Å². The molecule has 30 heavy (non-hydrogen) atoms. The summed E-state index contributed by atoms with van der Waals surface area (Å²) in [6.07, 6.45) is 1.79. The predicted octanol–water partition coefficient (Wildman–Crippen LogP) is 5.86. The highest BCUT2D eigenvalue weighted by Gasteiger charge is 2.29. The number of nitrogens with zero attached hydrogens (tertiary/aromatic N) is 1. The van der Waals surface area contributed by atoms with Gasteiger partial charge in [-0.3, -0.25) is 0 Å². The molecule has 0 aliphatic carbocycles. The van der Waals surface area contributed by atoms with Crippen molar-refractivity contribution in [3.05, 3.63) is 65.9 Å². The Kier molecular flexibility index (Phi) is 5.71. The van der Waals surface area contributed by atoms with E-state index in [-0.39, 0.29) is 12.0 Å². The van der Waals surface area contributed by atoms with Crippen LogP contribution in [0, 0.1) is 0 Å². The molecule has 3 aromatic rings. The van der Waals surface area contributed by atoms with Crippen molar-refractivity contribution in [2.75, 3.05) is 13.1 Å². The molecule has 5 nitrogen and oxygen atoms in total. The smallest absolute Gasteiger partial charge is 0.410 e. The van der Waals surface area contributed by atoms with Crippen LogP contribution < -0.4 is 4.74 Å². The number of hydrogen-bond acceptors (Lipinski definition) is 3. The lowest BCUT2D eigenvalue weighted by atomic mass is 9.95. The molecule has 1 atom stereocenters. The van der Waals surface area contributed by atoms with E-state index in [1.165, 1.54) is 0 Å². The van der Waals surface area contributed by atoms with Crippen LogP contribution in [0.1, 0.15) is 50.8 Å². The number of amides is 1. The maximum Gasteiger partial charge on any atom is 0.410 e. The van der Waals surface area contributed by atoms with E-state index in [0.29, 0.717) is 13.2 Å². The SMILES string of the molecule is CC(C)(C)OC(=O)N1CCCC(c2cc3c(OCc4ccccc4)cccc3[nH]2)C1. The monoisotopic (exact) mass is 406 g/mol. The van der Waals surface area contributed by atoms with E-state index in [2.05, 4.69) is 29.2 Å². The highest BCUT2D eigenvalue weighted by Crippen LogP contribution is 2.33. The van der Waals surface area contributed by atoms with Gasteiger partial charge in [-0.1, -0.05) is 36.4 Å². The van der Waals surface area contributed by atoms with Crippen molar-refractivity contribution in [2.45, 2.75) is 51.7 Å². The summed E-state index contributed by atoms with van der Waals surface area (Å²) in [6.45, 7) is 7.67. The van der Waals surface area contributed by atoms with Gasteiger partial charge in [0.1, 0.15) is 18.0 Å². The Morgan fingerprint density at radius 1 is 1.13 bits per heavy atom. The molecule has 1 unspecified atom stereocenters. The quantitative estimate of drug-likeness (QED) is 0.590. The fourth-order valence-corrected chi connectivity index (χ4v) is 3.95. The van der Waals surface area contributed by atoms with Crippen LogP contribution in [0.15, 0.2) is 54.6 Å². The number of hydrogen-bond donors (Lipinski definition) is 1. The first-order chi connectivity index (χ1) is 14.4. The first kappa shape index (κ1) is 20.3. The molecule has 5 heteroatoms. The number of ether oxygens (including phenoxy) is 2. The minimum atomic E-state index is -0.476. The molecule has 2 aromatic carbocycles. The second-order valence-electron chi connectivity index (χ2n) is 8.98. The summed E-state index contributed by atoms with van der Waals surface area (Å²) < 4.78 is 11.7. The molecule has 0 bridgehead atoms. The summed E-state index contributed by atoms with van der Waals surface area (Å²) in [7, 11) is 0. The van der Waals surface area contributed by atoms with Crippen molar-refractivity contribution in [3.63, 3.8) is 0 Å². The normalized spacial score (nSPS) is 17.2. The minimum Gasteiger partial charge on any atom is -0.488 e. The van der Waals surface area contributed by atoms with Gasteiger partial charge in [0.15, 0.2) is 0 Å². The topological polar surface area (TPSA) is 54.6 Å². The average Bonchev–Trinajstić information content (AvgIpc) is 3.17. The zero-order valence-corrected chi connectivity index (χ0v) is 18.0. The van der Waals surface area contributed by atoms with Gasteiger partial charge in [0.2, 0.25) is 0 Å². The van der Waals surface area contributed by atoms with Gasteiger partial charge < -0.3 is 19.4 Å². The molecule has 1 aromatic heterocycles. The zero-order chi connectivity index (χ0) is 21.1. The maximum atomic E-state index is 12.5. The van der Waals surface area contributed by atoms with E-state index in [1.807, 2.05) is 56.0 Å². The van der Waals surface area contributed by atoms with Gasteiger partial charge in [0.25, 0.3) is 0 Å².